The predicted octanol–water partition coefficient (Wildman–Crippen LogP) is 1.53. The first kappa shape index (κ1) is 18.0. The quantitative estimate of drug-likeness (QED) is 0.400. The Morgan fingerprint density at radius 3 is 2.54 bits per heavy atom. The summed E-state index contributed by atoms with van der Waals surface area (Å²) in [6, 6.07) is 7.15. The minimum absolute atomic E-state index is 0.202. The van der Waals surface area contributed by atoms with Gasteiger partial charge in [-0.1, -0.05) is 0 Å². The Balaban J connectivity index is 1.97. The highest BCUT2D eigenvalue weighted by Gasteiger charge is 2.05. The smallest absolute Gasteiger partial charge is 0.287 e. The van der Waals surface area contributed by atoms with E-state index in [0.717, 1.165) is 5.69 Å². The van der Waals surface area contributed by atoms with Gasteiger partial charge in [0.15, 0.2) is 0 Å². The molecule has 130 valence electrons. The molecule has 0 radical (unpaired) electrons. The molecule has 0 aliphatic heterocycles. The first-order valence-electron chi connectivity index (χ1n) is 7.10. The van der Waals surface area contributed by atoms with Crippen molar-refractivity contribution in [2.45, 2.75) is 6.92 Å². The molecule has 0 spiro atoms. The van der Waals surface area contributed by atoms with Crippen molar-refractivity contribution in [2.24, 2.45) is 17.3 Å². The summed E-state index contributed by atoms with van der Waals surface area (Å²) >= 11 is 0. The van der Waals surface area contributed by atoms with Gasteiger partial charge in [0.25, 0.3) is 5.95 Å². The van der Waals surface area contributed by atoms with Gasteiger partial charge in [0.1, 0.15) is 6.33 Å². The van der Waals surface area contributed by atoms with Gasteiger partial charge < -0.3 is 9.45 Å². The second kappa shape index (κ2) is 7.95. The Bertz CT molecular complexity index is 787. The summed E-state index contributed by atoms with van der Waals surface area (Å²) in [6.07, 6.45) is 1.53. The third-order valence-corrected chi connectivity index (χ3v) is 3.48. The molecule has 0 aliphatic rings. The SMILES string of the molecule is CCN(CCOS(=O)(=O)[O-])c1ccc(N=Nc2ncn(C)n2)cc1. The lowest BCUT2D eigenvalue weighted by atomic mass is 10.2. The lowest BCUT2D eigenvalue weighted by Gasteiger charge is -2.23. The maximum atomic E-state index is 10.4. The summed E-state index contributed by atoms with van der Waals surface area (Å²) in [6.45, 7) is 2.61. The first-order chi connectivity index (χ1) is 11.4. The maximum Gasteiger partial charge on any atom is 0.287 e. The third-order valence-electron chi connectivity index (χ3n) is 3.03. The predicted molar refractivity (Wildman–Crippen MR) is 85.2 cm³/mol. The lowest BCUT2D eigenvalue weighted by molar-refractivity contribution is 0.266. The van der Waals surface area contributed by atoms with Gasteiger partial charge in [-0.2, -0.15) is 4.98 Å². The van der Waals surface area contributed by atoms with Crippen LogP contribution in [-0.4, -0.2) is 47.4 Å². The van der Waals surface area contributed by atoms with Crippen LogP contribution in [0.15, 0.2) is 40.8 Å². The summed E-state index contributed by atoms with van der Waals surface area (Å²) in [5.74, 6) is 0.271. The molecule has 10 nitrogen and oxygen atoms in total. The number of anilines is 1. The molecule has 0 saturated carbocycles. The molecule has 0 atom stereocenters. The Morgan fingerprint density at radius 1 is 1.29 bits per heavy atom. The molecule has 0 bridgehead atoms. The summed E-state index contributed by atoms with van der Waals surface area (Å²) in [4.78, 5) is 5.81. The van der Waals surface area contributed by atoms with Crippen molar-refractivity contribution in [1.29, 1.82) is 0 Å². The largest absolute Gasteiger partial charge is 0.726 e. The van der Waals surface area contributed by atoms with Gasteiger partial charge >= 0.3 is 0 Å². The summed E-state index contributed by atoms with van der Waals surface area (Å²) in [5, 5.41) is 11.9. The highest BCUT2D eigenvalue weighted by atomic mass is 32.3. The molecule has 0 N–H and O–H groups in total. The fourth-order valence-electron chi connectivity index (χ4n) is 1.93. The second-order valence-electron chi connectivity index (χ2n) is 4.74. The molecule has 11 heteroatoms. The number of benzene rings is 1. The zero-order valence-electron chi connectivity index (χ0n) is 13.2. The van der Waals surface area contributed by atoms with Crippen LogP contribution in [0.1, 0.15) is 6.92 Å². The number of aromatic nitrogens is 3. The van der Waals surface area contributed by atoms with Crippen LogP contribution in [0.2, 0.25) is 0 Å². The molecule has 0 amide bonds. The van der Waals surface area contributed by atoms with Crippen molar-refractivity contribution in [3.63, 3.8) is 0 Å². The fourth-order valence-corrected chi connectivity index (χ4v) is 2.20. The minimum Gasteiger partial charge on any atom is -0.726 e. The van der Waals surface area contributed by atoms with E-state index in [-0.39, 0.29) is 19.1 Å². The molecule has 2 aromatic rings. The number of hydrogen-bond acceptors (Lipinski definition) is 9. The molecule has 0 saturated heterocycles. The molecule has 1 aromatic heterocycles. The van der Waals surface area contributed by atoms with Crippen molar-refractivity contribution in [2.75, 3.05) is 24.6 Å². The number of likely N-dealkylation sites (N-methyl/N-ethyl adjacent to an activating group) is 1. The van der Waals surface area contributed by atoms with Crippen LogP contribution in [0.3, 0.4) is 0 Å². The zero-order valence-corrected chi connectivity index (χ0v) is 14.0. The number of nitrogens with zero attached hydrogens (tertiary/aromatic N) is 6. The molecule has 1 aromatic carbocycles. The molecular weight excluding hydrogens is 336 g/mol. The number of azo groups is 1. The van der Waals surface area contributed by atoms with Crippen molar-refractivity contribution in [3.05, 3.63) is 30.6 Å². The van der Waals surface area contributed by atoms with Crippen molar-refractivity contribution in [3.8, 4) is 0 Å². The van der Waals surface area contributed by atoms with E-state index in [1.54, 1.807) is 19.2 Å². The van der Waals surface area contributed by atoms with Crippen molar-refractivity contribution >= 4 is 27.7 Å². The van der Waals surface area contributed by atoms with E-state index in [1.807, 2.05) is 24.0 Å². The Labute approximate surface area is 139 Å². The van der Waals surface area contributed by atoms with E-state index in [9.17, 15) is 13.0 Å². The van der Waals surface area contributed by atoms with Crippen LogP contribution in [0.5, 0.6) is 0 Å². The average molecular weight is 353 g/mol. The molecule has 0 unspecified atom stereocenters. The average Bonchev–Trinajstić information content (AvgIpc) is 2.95. The highest BCUT2D eigenvalue weighted by Crippen LogP contribution is 2.21. The fraction of sp³-hybridized carbons (Fsp3) is 0.385. The standard InChI is InChI=1S/C13H18N6O4S/c1-3-19(8-9-23-24(20,21)22)12-6-4-11(5-7-12)15-16-13-14-10-18(2)17-13/h4-7,10H,3,8-9H2,1-2H3,(H,20,21,22)/p-1. The molecule has 1 heterocycles. The van der Waals surface area contributed by atoms with Crippen molar-refractivity contribution in [1.82, 2.24) is 14.8 Å². The van der Waals surface area contributed by atoms with E-state index in [4.69, 9.17) is 0 Å². The van der Waals surface area contributed by atoms with E-state index >= 15 is 0 Å². The van der Waals surface area contributed by atoms with E-state index in [2.05, 4.69) is 24.5 Å². The minimum atomic E-state index is -4.67. The molecule has 2 rings (SSSR count). The summed E-state index contributed by atoms with van der Waals surface area (Å²) in [7, 11) is -2.93. The van der Waals surface area contributed by atoms with Crippen LogP contribution >= 0.6 is 0 Å². The Hall–Kier alpha value is -2.37. The number of rotatable bonds is 8. The van der Waals surface area contributed by atoms with Gasteiger partial charge in [-0.05, 0) is 31.2 Å². The van der Waals surface area contributed by atoms with Crippen molar-refractivity contribution < 1.29 is 17.2 Å². The van der Waals surface area contributed by atoms with E-state index in [0.29, 0.717) is 12.2 Å². The van der Waals surface area contributed by atoms with Gasteiger partial charge in [-0.15, -0.1) is 15.3 Å². The summed E-state index contributed by atoms with van der Waals surface area (Å²) in [5.41, 5.74) is 1.47. The Kier molecular flexibility index (Phi) is 5.95. The normalized spacial score (nSPS) is 12.0. The van der Waals surface area contributed by atoms with Gasteiger partial charge in [-0.3, -0.25) is 8.86 Å². The molecular formula is C13H17N6O4S-. The lowest BCUT2D eigenvalue weighted by Crippen LogP contribution is -2.27. The van der Waals surface area contributed by atoms with Crippen LogP contribution < -0.4 is 4.90 Å². The van der Waals surface area contributed by atoms with Gasteiger partial charge in [-0.25, -0.2) is 8.42 Å². The van der Waals surface area contributed by atoms with Crippen LogP contribution in [-0.2, 0) is 21.6 Å². The molecule has 0 fully saturated rings. The van der Waals surface area contributed by atoms with Gasteiger partial charge in [0, 0.05) is 25.8 Å². The summed E-state index contributed by atoms with van der Waals surface area (Å²) < 4.78 is 37.1. The molecule has 24 heavy (non-hydrogen) atoms. The Morgan fingerprint density at radius 2 is 2.00 bits per heavy atom. The monoisotopic (exact) mass is 353 g/mol. The third kappa shape index (κ3) is 5.68. The molecule has 0 aliphatic carbocycles. The van der Waals surface area contributed by atoms with E-state index in [1.165, 1.54) is 11.0 Å². The van der Waals surface area contributed by atoms with Crippen LogP contribution in [0.4, 0.5) is 17.3 Å². The maximum absolute atomic E-state index is 10.4. The number of hydrogen-bond donors (Lipinski definition) is 0. The van der Waals surface area contributed by atoms with E-state index < -0.39 is 10.4 Å². The zero-order chi connectivity index (χ0) is 17.6. The second-order valence-corrected chi connectivity index (χ2v) is 5.80. The topological polar surface area (TPSA) is 125 Å². The van der Waals surface area contributed by atoms with Gasteiger partial charge in [0.2, 0.25) is 10.4 Å². The van der Waals surface area contributed by atoms with Crippen LogP contribution in [0, 0.1) is 0 Å². The van der Waals surface area contributed by atoms with Gasteiger partial charge in [0.05, 0.1) is 12.3 Å². The number of aryl methyl sites for hydroxylation is 1. The van der Waals surface area contributed by atoms with Crippen LogP contribution in [0.25, 0.3) is 0 Å². The highest BCUT2D eigenvalue weighted by molar-refractivity contribution is 7.80. The first-order valence-corrected chi connectivity index (χ1v) is 8.43.